The third-order valence-electron chi connectivity index (χ3n) is 2.10. The minimum absolute atomic E-state index is 0.287. The lowest BCUT2D eigenvalue weighted by molar-refractivity contribution is -0.139. The van der Waals surface area contributed by atoms with Crippen LogP contribution in [-0.4, -0.2) is 23.7 Å². The Labute approximate surface area is 60.4 Å². The summed E-state index contributed by atoms with van der Waals surface area (Å²) in [5.74, 6) is -0.142. The molecule has 0 bridgehead atoms. The summed E-state index contributed by atoms with van der Waals surface area (Å²) in [6.45, 7) is 2.96. The van der Waals surface area contributed by atoms with E-state index in [9.17, 15) is 4.79 Å². The van der Waals surface area contributed by atoms with Crippen molar-refractivity contribution in [2.75, 3.05) is 6.54 Å². The summed E-state index contributed by atoms with van der Waals surface area (Å²) in [7, 11) is 0. The summed E-state index contributed by atoms with van der Waals surface area (Å²) in [5, 5.41) is 11.5. The van der Waals surface area contributed by atoms with E-state index >= 15 is 0 Å². The predicted octanol–water partition coefficient (Wildman–Crippen LogP) is 0.459. The van der Waals surface area contributed by atoms with Crippen LogP contribution in [0.25, 0.3) is 0 Å². The Morgan fingerprint density at radius 1 is 1.80 bits per heavy atom. The highest BCUT2D eigenvalue weighted by Crippen LogP contribution is 2.16. The van der Waals surface area contributed by atoms with E-state index in [0.717, 1.165) is 19.4 Å². The molecule has 58 valence electrons. The van der Waals surface area contributed by atoms with E-state index in [2.05, 4.69) is 12.2 Å². The highest BCUT2D eigenvalue weighted by molar-refractivity contribution is 5.73. The van der Waals surface area contributed by atoms with E-state index in [0.29, 0.717) is 5.92 Å². The van der Waals surface area contributed by atoms with Crippen LogP contribution in [-0.2, 0) is 4.79 Å². The Kier molecular flexibility index (Phi) is 2.27. The second-order valence-electron chi connectivity index (χ2n) is 2.81. The lowest BCUT2D eigenvalue weighted by Crippen LogP contribution is -2.29. The second-order valence-corrected chi connectivity index (χ2v) is 2.81. The first-order valence-corrected chi connectivity index (χ1v) is 3.70. The quantitative estimate of drug-likeness (QED) is 0.590. The van der Waals surface area contributed by atoms with Crippen LogP contribution in [0.1, 0.15) is 19.8 Å². The average Bonchev–Trinajstić information content (AvgIpc) is 2.34. The summed E-state index contributed by atoms with van der Waals surface area (Å²) in [6.07, 6.45) is 1.88. The first-order chi connectivity index (χ1) is 4.74. The molecule has 0 radical (unpaired) electrons. The van der Waals surface area contributed by atoms with Crippen molar-refractivity contribution in [2.45, 2.75) is 25.8 Å². The molecule has 1 aliphatic rings. The fraction of sp³-hybridized carbons (Fsp3) is 0.857. The number of carboxylic acids is 1. The molecule has 0 unspecified atom stereocenters. The standard InChI is InChI=1S/C7H13NO2/c1-2-5-3-6(7(9)10)8-4-5/h5-6,8H,2-4H2,1H3,(H,9,10)/t5-,6-/m1/s1. The van der Waals surface area contributed by atoms with Crippen molar-refractivity contribution in [1.82, 2.24) is 5.32 Å². The van der Waals surface area contributed by atoms with Gasteiger partial charge in [-0.2, -0.15) is 0 Å². The fourth-order valence-corrected chi connectivity index (χ4v) is 1.31. The van der Waals surface area contributed by atoms with Gasteiger partial charge in [-0.15, -0.1) is 0 Å². The molecule has 1 heterocycles. The SMILES string of the molecule is CC[C@H]1CN[C@@H](C(=O)O)C1. The van der Waals surface area contributed by atoms with Gasteiger partial charge in [-0.1, -0.05) is 13.3 Å². The number of aliphatic carboxylic acids is 1. The molecule has 0 aliphatic carbocycles. The molecule has 0 aromatic rings. The van der Waals surface area contributed by atoms with Crippen LogP contribution in [0, 0.1) is 5.92 Å². The van der Waals surface area contributed by atoms with Crippen molar-refractivity contribution in [3.8, 4) is 0 Å². The summed E-state index contributed by atoms with van der Waals surface area (Å²) in [6, 6.07) is -0.287. The van der Waals surface area contributed by atoms with Gasteiger partial charge in [-0.25, -0.2) is 0 Å². The molecule has 0 amide bonds. The van der Waals surface area contributed by atoms with E-state index < -0.39 is 5.97 Å². The third kappa shape index (κ3) is 1.48. The monoisotopic (exact) mass is 143 g/mol. The predicted molar refractivity (Wildman–Crippen MR) is 37.8 cm³/mol. The number of carbonyl (C=O) groups is 1. The Balaban J connectivity index is 2.35. The van der Waals surface area contributed by atoms with Crippen LogP contribution < -0.4 is 5.32 Å². The summed E-state index contributed by atoms with van der Waals surface area (Å²) >= 11 is 0. The maximum absolute atomic E-state index is 10.4. The van der Waals surface area contributed by atoms with Crippen molar-refractivity contribution < 1.29 is 9.90 Å². The summed E-state index contributed by atoms with van der Waals surface area (Å²) in [4.78, 5) is 10.4. The van der Waals surface area contributed by atoms with E-state index in [1.165, 1.54) is 0 Å². The Morgan fingerprint density at radius 3 is 2.80 bits per heavy atom. The van der Waals surface area contributed by atoms with E-state index in [-0.39, 0.29) is 6.04 Å². The summed E-state index contributed by atoms with van der Waals surface area (Å²) < 4.78 is 0. The Bertz CT molecular complexity index is 136. The Morgan fingerprint density at radius 2 is 2.50 bits per heavy atom. The number of hydrogen-bond acceptors (Lipinski definition) is 2. The molecule has 1 aliphatic heterocycles. The van der Waals surface area contributed by atoms with Crippen molar-refractivity contribution >= 4 is 5.97 Å². The molecule has 1 saturated heterocycles. The molecule has 1 fully saturated rings. The molecule has 0 aromatic heterocycles. The van der Waals surface area contributed by atoms with Crippen LogP contribution in [0.4, 0.5) is 0 Å². The zero-order chi connectivity index (χ0) is 7.56. The van der Waals surface area contributed by atoms with Crippen LogP contribution >= 0.6 is 0 Å². The number of carboxylic acid groups (broad SMARTS) is 1. The van der Waals surface area contributed by atoms with Gasteiger partial charge in [0.15, 0.2) is 0 Å². The molecule has 0 spiro atoms. The number of hydrogen-bond donors (Lipinski definition) is 2. The lowest BCUT2D eigenvalue weighted by Gasteiger charge is -2.02. The average molecular weight is 143 g/mol. The first kappa shape index (κ1) is 7.54. The third-order valence-corrected chi connectivity index (χ3v) is 2.10. The molecule has 10 heavy (non-hydrogen) atoms. The van der Waals surface area contributed by atoms with Crippen LogP contribution in [0.5, 0.6) is 0 Å². The van der Waals surface area contributed by atoms with Gasteiger partial charge in [0, 0.05) is 0 Å². The Hall–Kier alpha value is -0.570. The van der Waals surface area contributed by atoms with Gasteiger partial charge in [0.2, 0.25) is 0 Å². The minimum Gasteiger partial charge on any atom is -0.480 e. The summed E-state index contributed by atoms with van der Waals surface area (Å²) in [5.41, 5.74) is 0. The minimum atomic E-state index is -0.712. The van der Waals surface area contributed by atoms with Crippen molar-refractivity contribution in [1.29, 1.82) is 0 Å². The molecule has 3 nitrogen and oxygen atoms in total. The topological polar surface area (TPSA) is 49.3 Å². The van der Waals surface area contributed by atoms with Gasteiger partial charge < -0.3 is 10.4 Å². The van der Waals surface area contributed by atoms with Crippen molar-refractivity contribution in [2.24, 2.45) is 5.92 Å². The van der Waals surface area contributed by atoms with E-state index in [1.807, 2.05) is 0 Å². The zero-order valence-electron chi connectivity index (χ0n) is 6.13. The fourth-order valence-electron chi connectivity index (χ4n) is 1.31. The van der Waals surface area contributed by atoms with Gasteiger partial charge in [0.1, 0.15) is 6.04 Å². The molecule has 0 aromatic carbocycles. The maximum atomic E-state index is 10.4. The van der Waals surface area contributed by atoms with Gasteiger partial charge >= 0.3 is 5.97 Å². The lowest BCUT2D eigenvalue weighted by atomic mass is 10.0. The van der Waals surface area contributed by atoms with Gasteiger partial charge in [0.25, 0.3) is 0 Å². The van der Waals surface area contributed by atoms with Crippen LogP contribution in [0.2, 0.25) is 0 Å². The van der Waals surface area contributed by atoms with Crippen LogP contribution in [0.15, 0.2) is 0 Å². The van der Waals surface area contributed by atoms with Gasteiger partial charge in [-0.3, -0.25) is 4.79 Å². The molecule has 2 N–H and O–H groups in total. The number of rotatable bonds is 2. The largest absolute Gasteiger partial charge is 0.480 e. The number of nitrogens with one attached hydrogen (secondary N) is 1. The highest BCUT2D eigenvalue weighted by Gasteiger charge is 2.27. The molecule has 1 rings (SSSR count). The van der Waals surface area contributed by atoms with E-state index in [1.54, 1.807) is 0 Å². The van der Waals surface area contributed by atoms with E-state index in [4.69, 9.17) is 5.11 Å². The molecule has 3 heteroatoms. The highest BCUT2D eigenvalue weighted by atomic mass is 16.4. The van der Waals surface area contributed by atoms with Gasteiger partial charge in [0.05, 0.1) is 0 Å². The molecular formula is C7H13NO2. The molecule has 0 saturated carbocycles. The molecule has 2 atom stereocenters. The van der Waals surface area contributed by atoms with Crippen LogP contribution in [0.3, 0.4) is 0 Å². The van der Waals surface area contributed by atoms with Crippen molar-refractivity contribution in [3.63, 3.8) is 0 Å². The normalized spacial score (nSPS) is 32.5. The van der Waals surface area contributed by atoms with Crippen molar-refractivity contribution in [3.05, 3.63) is 0 Å². The second kappa shape index (κ2) is 3.01. The zero-order valence-corrected chi connectivity index (χ0v) is 6.13. The smallest absolute Gasteiger partial charge is 0.320 e. The van der Waals surface area contributed by atoms with Gasteiger partial charge in [-0.05, 0) is 18.9 Å². The maximum Gasteiger partial charge on any atom is 0.320 e. The first-order valence-electron chi connectivity index (χ1n) is 3.70. The molecular weight excluding hydrogens is 130 g/mol.